The number of hydrogen-bond donors (Lipinski definition) is 2. The maximum Gasteiger partial charge on any atom is 0.220 e. The summed E-state index contributed by atoms with van der Waals surface area (Å²) in [6, 6.07) is 5.57. The number of nitrogens with one attached hydrogen (secondary N) is 1. The first-order valence-electron chi connectivity index (χ1n) is 11.3. The number of hydrogen-bond acceptors (Lipinski definition) is 2. The van der Waals surface area contributed by atoms with Gasteiger partial charge in [0.1, 0.15) is 5.75 Å². The fourth-order valence-electron chi connectivity index (χ4n) is 2.95. The molecule has 2 N–H and O–H groups in total. The molecule has 0 saturated carbocycles. The van der Waals surface area contributed by atoms with E-state index in [1.807, 2.05) is 19.1 Å². The Balaban J connectivity index is 1.98. The van der Waals surface area contributed by atoms with Gasteiger partial charge in [0.2, 0.25) is 5.91 Å². The lowest BCUT2D eigenvalue weighted by molar-refractivity contribution is -0.121. The molecule has 3 heteroatoms. The van der Waals surface area contributed by atoms with Gasteiger partial charge < -0.3 is 10.4 Å². The van der Waals surface area contributed by atoms with Crippen LogP contribution >= 0.6 is 0 Å². The monoisotopic (exact) mass is 409 g/mol. The van der Waals surface area contributed by atoms with Crippen molar-refractivity contribution in [2.75, 3.05) is 6.54 Å². The second-order valence-corrected chi connectivity index (χ2v) is 7.47. The Morgan fingerprint density at radius 2 is 1.57 bits per heavy atom. The number of benzene rings is 1. The Bertz CT molecular complexity index is 714. The first kappa shape index (κ1) is 25.5. The summed E-state index contributed by atoms with van der Waals surface area (Å²) in [4.78, 5) is 11.9. The number of unbranched alkanes of at least 4 members (excludes halogenated alkanes) is 2. The molecule has 0 aliphatic carbocycles. The molecule has 1 aromatic carbocycles. The molecule has 1 aromatic rings. The molecular weight excluding hydrogens is 370 g/mol. The van der Waals surface area contributed by atoms with E-state index in [-0.39, 0.29) is 5.91 Å². The van der Waals surface area contributed by atoms with Gasteiger partial charge in [-0.1, -0.05) is 67.7 Å². The first-order chi connectivity index (χ1) is 14.6. The van der Waals surface area contributed by atoms with E-state index >= 15 is 0 Å². The SMILES string of the molecule is CC/C=C\C/C=C\C/C=C\C/C=C\CCCCC(=O)NCCc1ccc(O)c(C)c1. The zero-order chi connectivity index (χ0) is 21.9. The van der Waals surface area contributed by atoms with Crippen molar-refractivity contribution in [1.29, 1.82) is 0 Å². The lowest BCUT2D eigenvalue weighted by atomic mass is 10.1. The van der Waals surface area contributed by atoms with E-state index in [2.05, 4.69) is 60.8 Å². The maximum absolute atomic E-state index is 11.9. The minimum absolute atomic E-state index is 0.121. The van der Waals surface area contributed by atoms with E-state index < -0.39 is 0 Å². The largest absolute Gasteiger partial charge is 0.508 e. The average Bonchev–Trinajstić information content (AvgIpc) is 2.73. The molecule has 0 aliphatic heterocycles. The molecule has 3 nitrogen and oxygen atoms in total. The summed E-state index contributed by atoms with van der Waals surface area (Å²) in [6.07, 6.45) is 26.1. The van der Waals surface area contributed by atoms with Gasteiger partial charge in [-0.25, -0.2) is 0 Å². The van der Waals surface area contributed by atoms with Crippen molar-refractivity contribution < 1.29 is 9.90 Å². The molecule has 0 aliphatic rings. The van der Waals surface area contributed by atoms with Crippen LogP contribution in [0.15, 0.2) is 66.8 Å². The molecule has 30 heavy (non-hydrogen) atoms. The Hall–Kier alpha value is -2.55. The fourth-order valence-corrected chi connectivity index (χ4v) is 2.95. The number of rotatable bonds is 15. The molecule has 0 spiro atoms. The lowest BCUT2D eigenvalue weighted by Gasteiger charge is -2.06. The molecule has 1 rings (SSSR count). The van der Waals surface area contributed by atoms with Crippen LogP contribution in [0.25, 0.3) is 0 Å². The summed E-state index contributed by atoms with van der Waals surface area (Å²) in [5, 5.41) is 12.5. The van der Waals surface area contributed by atoms with Crippen LogP contribution in [0.1, 0.15) is 69.4 Å². The van der Waals surface area contributed by atoms with Crippen molar-refractivity contribution in [2.45, 2.75) is 71.6 Å². The normalized spacial score (nSPS) is 12.1. The molecule has 0 bridgehead atoms. The fraction of sp³-hybridized carbons (Fsp3) is 0.444. The zero-order valence-corrected chi connectivity index (χ0v) is 18.8. The summed E-state index contributed by atoms with van der Waals surface area (Å²) in [5.41, 5.74) is 2.00. The van der Waals surface area contributed by atoms with Gasteiger partial charge in [0, 0.05) is 13.0 Å². The van der Waals surface area contributed by atoms with Crippen LogP contribution in [-0.2, 0) is 11.2 Å². The van der Waals surface area contributed by atoms with Crippen molar-refractivity contribution in [3.8, 4) is 5.75 Å². The predicted octanol–water partition coefficient (Wildman–Crippen LogP) is 6.72. The molecule has 0 radical (unpaired) electrons. The molecule has 0 heterocycles. The van der Waals surface area contributed by atoms with E-state index in [0.717, 1.165) is 62.5 Å². The highest BCUT2D eigenvalue weighted by Gasteiger charge is 2.02. The summed E-state index contributed by atoms with van der Waals surface area (Å²) in [7, 11) is 0. The van der Waals surface area contributed by atoms with Crippen molar-refractivity contribution >= 4 is 5.91 Å². The topological polar surface area (TPSA) is 49.3 Å². The van der Waals surface area contributed by atoms with E-state index in [1.54, 1.807) is 6.07 Å². The van der Waals surface area contributed by atoms with Gasteiger partial charge in [-0.05, 0) is 75.5 Å². The standard InChI is InChI=1S/C27H39NO2/c1-3-4-5-6-7-8-9-10-11-12-13-14-15-16-17-18-27(30)28-22-21-25-19-20-26(29)24(2)23-25/h4-5,7-8,10-11,13-14,19-20,23,29H,3,6,9,12,15-18,21-22H2,1-2H3,(H,28,30)/b5-4-,8-7-,11-10-,14-13-. The number of carbonyl (C=O) groups is 1. The molecule has 1 amide bonds. The van der Waals surface area contributed by atoms with Gasteiger partial charge in [-0.3, -0.25) is 4.79 Å². The number of amides is 1. The van der Waals surface area contributed by atoms with Crippen LogP contribution in [-0.4, -0.2) is 17.6 Å². The third-order valence-corrected chi connectivity index (χ3v) is 4.74. The molecule has 0 atom stereocenters. The van der Waals surface area contributed by atoms with Crippen molar-refractivity contribution in [1.82, 2.24) is 5.32 Å². The molecule has 0 fully saturated rings. The van der Waals surface area contributed by atoms with Crippen molar-refractivity contribution in [3.63, 3.8) is 0 Å². The number of aryl methyl sites for hydroxylation is 1. The third-order valence-electron chi connectivity index (χ3n) is 4.74. The number of carbonyl (C=O) groups excluding carboxylic acids is 1. The first-order valence-corrected chi connectivity index (χ1v) is 11.3. The third kappa shape index (κ3) is 13.6. The van der Waals surface area contributed by atoms with Crippen LogP contribution < -0.4 is 5.32 Å². The van der Waals surface area contributed by atoms with Gasteiger partial charge in [0.05, 0.1) is 0 Å². The number of allylic oxidation sites excluding steroid dienone is 8. The Kier molecular flexibility index (Phi) is 14.7. The molecular formula is C27H39NO2. The van der Waals surface area contributed by atoms with E-state index in [4.69, 9.17) is 0 Å². The zero-order valence-electron chi connectivity index (χ0n) is 18.8. The highest BCUT2D eigenvalue weighted by molar-refractivity contribution is 5.75. The van der Waals surface area contributed by atoms with Crippen LogP contribution in [0.3, 0.4) is 0 Å². The van der Waals surface area contributed by atoms with Crippen LogP contribution in [0, 0.1) is 6.92 Å². The van der Waals surface area contributed by atoms with Gasteiger partial charge in [-0.15, -0.1) is 0 Å². The summed E-state index contributed by atoms with van der Waals surface area (Å²) in [6.45, 7) is 4.67. The molecule has 0 saturated heterocycles. The number of phenols is 1. The van der Waals surface area contributed by atoms with Crippen LogP contribution in [0.4, 0.5) is 0 Å². The van der Waals surface area contributed by atoms with E-state index in [0.29, 0.717) is 18.7 Å². The summed E-state index contributed by atoms with van der Waals surface area (Å²) >= 11 is 0. The van der Waals surface area contributed by atoms with E-state index in [1.165, 1.54) is 0 Å². The number of phenolic OH excluding ortho intramolecular Hbond substituents is 1. The van der Waals surface area contributed by atoms with Crippen LogP contribution in [0.2, 0.25) is 0 Å². The number of aromatic hydroxyl groups is 1. The van der Waals surface area contributed by atoms with Crippen LogP contribution in [0.5, 0.6) is 5.75 Å². The Morgan fingerprint density at radius 3 is 2.20 bits per heavy atom. The lowest BCUT2D eigenvalue weighted by Crippen LogP contribution is -2.25. The van der Waals surface area contributed by atoms with Gasteiger partial charge in [0.15, 0.2) is 0 Å². The highest BCUT2D eigenvalue weighted by Crippen LogP contribution is 2.17. The Labute approximate surface area is 183 Å². The molecule has 0 unspecified atom stereocenters. The van der Waals surface area contributed by atoms with E-state index in [9.17, 15) is 9.90 Å². The second-order valence-electron chi connectivity index (χ2n) is 7.47. The minimum Gasteiger partial charge on any atom is -0.508 e. The quantitative estimate of drug-likeness (QED) is 0.249. The second kappa shape index (κ2) is 17.3. The molecule has 0 aromatic heterocycles. The maximum atomic E-state index is 11.9. The smallest absolute Gasteiger partial charge is 0.220 e. The van der Waals surface area contributed by atoms with Gasteiger partial charge in [-0.2, -0.15) is 0 Å². The summed E-state index contributed by atoms with van der Waals surface area (Å²) in [5.74, 6) is 0.437. The predicted molar refractivity (Wildman–Crippen MR) is 129 cm³/mol. The summed E-state index contributed by atoms with van der Waals surface area (Å²) < 4.78 is 0. The average molecular weight is 410 g/mol. The van der Waals surface area contributed by atoms with Crippen molar-refractivity contribution in [2.24, 2.45) is 0 Å². The minimum atomic E-state index is 0.121. The molecule has 164 valence electrons. The van der Waals surface area contributed by atoms with Crippen molar-refractivity contribution in [3.05, 3.63) is 77.9 Å². The highest BCUT2D eigenvalue weighted by atomic mass is 16.3. The van der Waals surface area contributed by atoms with Gasteiger partial charge in [0.25, 0.3) is 0 Å². The Morgan fingerprint density at radius 1 is 0.933 bits per heavy atom. The van der Waals surface area contributed by atoms with Gasteiger partial charge >= 0.3 is 0 Å².